The second kappa shape index (κ2) is 6.95. The third kappa shape index (κ3) is 5.46. The van der Waals surface area contributed by atoms with Crippen LogP contribution in [0.25, 0.3) is 0 Å². The lowest BCUT2D eigenvalue weighted by atomic mass is 9.87. The van der Waals surface area contributed by atoms with Gasteiger partial charge in [0, 0.05) is 4.47 Å². The van der Waals surface area contributed by atoms with Gasteiger partial charge in [0.25, 0.3) is 0 Å². The summed E-state index contributed by atoms with van der Waals surface area (Å²) in [4.78, 5) is 12.2. The fraction of sp³-hybridized carbons (Fsp3) is 0.611. The first-order valence-corrected chi connectivity index (χ1v) is 8.34. The summed E-state index contributed by atoms with van der Waals surface area (Å²) in [6, 6.07) is 4.24. The molecule has 0 spiro atoms. The van der Waals surface area contributed by atoms with Crippen LogP contribution >= 0.6 is 15.9 Å². The van der Waals surface area contributed by atoms with Gasteiger partial charge in [-0.25, -0.2) is 0 Å². The van der Waals surface area contributed by atoms with Crippen molar-refractivity contribution in [2.24, 2.45) is 0 Å². The minimum Gasteiger partial charge on any atom is -0.460 e. The molecule has 1 aromatic rings. The van der Waals surface area contributed by atoms with Gasteiger partial charge in [-0.15, -0.1) is 0 Å². The number of hydrogen-bond donors (Lipinski definition) is 0. The molecule has 0 unspecified atom stereocenters. The zero-order chi connectivity index (χ0) is 16.4. The first kappa shape index (κ1) is 18.2. The smallest absolute Gasteiger partial charge is 0.310 e. The number of rotatable bonds is 4. The molecule has 0 saturated carbocycles. The SMILES string of the molecule is CC(C)c1cc(Br)cc(C(C)C)c1CC(=O)OC(C)(C)C. The number of carbonyl (C=O) groups excluding carboxylic acids is 1. The molecule has 0 amide bonds. The largest absolute Gasteiger partial charge is 0.460 e. The van der Waals surface area contributed by atoms with Gasteiger partial charge < -0.3 is 4.74 Å². The van der Waals surface area contributed by atoms with Gasteiger partial charge in [-0.05, 0) is 61.4 Å². The van der Waals surface area contributed by atoms with E-state index >= 15 is 0 Å². The maximum absolute atomic E-state index is 12.2. The number of esters is 1. The molecule has 0 bridgehead atoms. The molecule has 0 aliphatic carbocycles. The third-order valence-electron chi connectivity index (χ3n) is 3.27. The molecular formula is C18H27BrO2. The second-order valence-corrected chi connectivity index (χ2v) is 8.05. The normalized spacial score (nSPS) is 12.1. The summed E-state index contributed by atoms with van der Waals surface area (Å²) >= 11 is 3.58. The van der Waals surface area contributed by atoms with Crippen molar-refractivity contribution in [3.05, 3.63) is 33.3 Å². The lowest BCUT2D eigenvalue weighted by Gasteiger charge is -2.23. The van der Waals surface area contributed by atoms with Gasteiger partial charge in [-0.3, -0.25) is 4.79 Å². The van der Waals surface area contributed by atoms with Crippen LogP contribution in [0.1, 0.15) is 77.0 Å². The molecule has 2 nitrogen and oxygen atoms in total. The fourth-order valence-corrected chi connectivity index (χ4v) is 2.93. The Hall–Kier alpha value is -0.830. The Labute approximate surface area is 137 Å². The van der Waals surface area contributed by atoms with Crippen molar-refractivity contribution in [3.63, 3.8) is 0 Å². The average Bonchev–Trinajstić information content (AvgIpc) is 2.27. The van der Waals surface area contributed by atoms with E-state index in [1.165, 1.54) is 11.1 Å². The van der Waals surface area contributed by atoms with Crippen LogP contribution in [-0.4, -0.2) is 11.6 Å². The monoisotopic (exact) mass is 354 g/mol. The van der Waals surface area contributed by atoms with Crippen LogP contribution < -0.4 is 0 Å². The fourth-order valence-electron chi connectivity index (χ4n) is 2.44. The van der Waals surface area contributed by atoms with Crippen molar-refractivity contribution in [3.8, 4) is 0 Å². The van der Waals surface area contributed by atoms with E-state index in [1.807, 2.05) is 20.8 Å². The summed E-state index contributed by atoms with van der Waals surface area (Å²) in [6.07, 6.45) is 0.339. The molecule has 0 radical (unpaired) electrons. The highest BCUT2D eigenvalue weighted by Gasteiger charge is 2.21. The van der Waals surface area contributed by atoms with Crippen molar-refractivity contribution in [1.29, 1.82) is 0 Å². The van der Waals surface area contributed by atoms with Gasteiger partial charge in [0.05, 0.1) is 6.42 Å². The number of hydrogen-bond acceptors (Lipinski definition) is 2. The highest BCUT2D eigenvalue weighted by molar-refractivity contribution is 9.10. The van der Waals surface area contributed by atoms with Gasteiger partial charge in [-0.1, -0.05) is 43.6 Å². The van der Waals surface area contributed by atoms with E-state index in [1.54, 1.807) is 0 Å². The van der Waals surface area contributed by atoms with Gasteiger partial charge in [-0.2, -0.15) is 0 Å². The van der Waals surface area contributed by atoms with E-state index in [4.69, 9.17) is 4.74 Å². The highest BCUT2D eigenvalue weighted by Crippen LogP contribution is 2.32. The van der Waals surface area contributed by atoms with E-state index in [9.17, 15) is 4.79 Å². The summed E-state index contributed by atoms with van der Waals surface area (Å²) in [5.74, 6) is 0.587. The quantitative estimate of drug-likeness (QED) is 0.659. The molecule has 0 N–H and O–H groups in total. The van der Waals surface area contributed by atoms with Gasteiger partial charge >= 0.3 is 5.97 Å². The Morgan fingerprint density at radius 2 is 1.52 bits per heavy atom. The number of halogens is 1. The summed E-state index contributed by atoms with van der Waals surface area (Å²) in [5.41, 5.74) is 3.12. The second-order valence-electron chi connectivity index (χ2n) is 7.14. The predicted octanol–water partition coefficient (Wildman–Crippen LogP) is 5.58. The van der Waals surface area contributed by atoms with Gasteiger partial charge in [0.15, 0.2) is 0 Å². The zero-order valence-corrected chi connectivity index (χ0v) is 15.8. The Balaban J connectivity index is 3.22. The molecule has 21 heavy (non-hydrogen) atoms. The molecule has 0 atom stereocenters. The van der Waals surface area contributed by atoms with Crippen molar-refractivity contribution in [2.45, 2.75) is 72.3 Å². The number of ether oxygens (including phenoxy) is 1. The van der Waals surface area contributed by atoms with Crippen molar-refractivity contribution in [2.75, 3.05) is 0 Å². The molecule has 0 aliphatic heterocycles. The molecule has 0 heterocycles. The van der Waals surface area contributed by atoms with Crippen molar-refractivity contribution >= 4 is 21.9 Å². The summed E-state index contributed by atoms with van der Waals surface area (Å²) in [7, 11) is 0. The maximum atomic E-state index is 12.2. The lowest BCUT2D eigenvalue weighted by molar-refractivity contribution is -0.153. The van der Waals surface area contributed by atoms with Crippen LogP contribution in [-0.2, 0) is 16.0 Å². The lowest BCUT2D eigenvalue weighted by Crippen LogP contribution is -2.25. The van der Waals surface area contributed by atoms with Crippen LogP contribution in [0, 0.1) is 0 Å². The van der Waals surface area contributed by atoms with Crippen molar-refractivity contribution in [1.82, 2.24) is 0 Å². The van der Waals surface area contributed by atoms with Crippen LogP contribution in [0.15, 0.2) is 16.6 Å². The minimum atomic E-state index is -0.442. The first-order chi connectivity index (χ1) is 9.51. The Bertz CT molecular complexity index is 481. The van der Waals surface area contributed by atoms with Crippen molar-refractivity contribution < 1.29 is 9.53 Å². The molecule has 0 saturated heterocycles. The Kier molecular flexibility index (Phi) is 6.03. The molecule has 1 rings (SSSR count). The van der Waals surface area contributed by atoms with E-state index in [2.05, 4.69) is 55.8 Å². The molecule has 0 fully saturated rings. The van der Waals surface area contributed by atoms with Crippen LogP contribution in [0.5, 0.6) is 0 Å². The van der Waals surface area contributed by atoms with E-state index in [-0.39, 0.29) is 5.97 Å². The zero-order valence-electron chi connectivity index (χ0n) is 14.2. The van der Waals surface area contributed by atoms with E-state index in [0.717, 1.165) is 10.0 Å². The molecule has 118 valence electrons. The van der Waals surface area contributed by atoms with Gasteiger partial charge in [0.1, 0.15) is 5.60 Å². The summed E-state index contributed by atoms with van der Waals surface area (Å²) in [5, 5.41) is 0. The molecule has 0 aromatic heterocycles. The minimum absolute atomic E-state index is 0.159. The topological polar surface area (TPSA) is 26.3 Å². The highest BCUT2D eigenvalue weighted by atomic mass is 79.9. The van der Waals surface area contributed by atoms with Crippen LogP contribution in [0.4, 0.5) is 0 Å². The standard InChI is InChI=1S/C18H27BrO2/c1-11(2)14-8-13(19)9-15(12(3)4)16(14)10-17(20)21-18(5,6)7/h8-9,11-12H,10H2,1-7H3. The average molecular weight is 355 g/mol. The molecule has 1 aromatic carbocycles. The summed E-state index contributed by atoms with van der Waals surface area (Å²) < 4.78 is 6.56. The van der Waals surface area contributed by atoms with Gasteiger partial charge in [0.2, 0.25) is 0 Å². The van der Waals surface area contributed by atoms with E-state index < -0.39 is 5.60 Å². The van der Waals surface area contributed by atoms with E-state index in [0.29, 0.717) is 18.3 Å². The van der Waals surface area contributed by atoms with Crippen LogP contribution in [0.3, 0.4) is 0 Å². The number of benzene rings is 1. The summed E-state index contributed by atoms with van der Waals surface area (Å²) in [6.45, 7) is 14.3. The molecular weight excluding hydrogens is 328 g/mol. The Morgan fingerprint density at radius 3 is 1.86 bits per heavy atom. The Morgan fingerprint density at radius 1 is 1.10 bits per heavy atom. The molecule has 3 heteroatoms. The third-order valence-corrected chi connectivity index (χ3v) is 3.73. The molecule has 0 aliphatic rings. The number of carbonyl (C=O) groups is 1. The maximum Gasteiger partial charge on any atom is 0.310 e. The van der Waals surface area contributed by atoms with Crippen LogP contribution in [0.2, 0.25) is 0 Å². The predicted molar refractivity (Wildman–Crippen MR) is 91.9 cm³/mol. The first-order valence-electron chi connectivity index (χ1n) is 7.55.